The number of anilines is 2. The van der Waals surface area contributed by atoms with Gasteiger partial charge in [0, 0.05) is 24.0 Å². The van der Waals surface area contributed by atoms with Crippen LogP contribution < -0.4 is 15.5 Å². The summed E-state index contributed by atoms with van der Waals surface area (Å²) in [6.07, 6.45) is 0. The number of allylic oxidation sites excluding steroid dienone is 1. The molecule has 2 N–H and O–H groups in total. The SMILES string of the molecule is COC(=O)C1=C(C)N(c2ccc(C)cc2)C(=S)N[C@@H]1c1ccc(NC(C)=O)cc1. The number of carbonyl (C=O) groups excluding carboxylic acids is 2. The van der Waals surface area contributed by atoms with Crippen molar-refractivity contribution in [3.63, 3.8) is 0 Å². The van der Waals surface area contributed by atoms with Gasteiger partial charge in [-0.2, -0.15) is 0 Å². The lowest BCUT2D eigenvalue weighted by Crippen LogP contribution is -2.48. The lowest BCUT2D eigenvalue weighted by Gasteiger charge is -2.37. The van der Waals surface area contributed by atoms with E-state index in [0.29, 0.717) is 22.1 Å². The van der Waals surface area contributed by atoms with Crippen molar-refractivity contribution in [2.45, 2.75) is 26.8 Å². The number of methoxy groups -OCH3 is 1. The van der Waals surface area contributed by atoms with E-state index in [2.05, 4.69) is 10.6 Å². The third-order valence-corrected chi connectivity index (χ3v) is 5.05. The predicted molar refractivity (Wildman–Crippen MR) is 118 cm³/mol. The molecule has 1 amide bonds. The van der Waals surface area contributed by atoms with Gasteiger partial charge in [0.15, 0.2) is 5.11 Å². The zero-order valence-corrected chi connectivity index (χ0v) is 17.6. The average molecular weight is 410 g/mol. The van der Waals surface area contributed by atoms with E-state index in [9.17, 15) is 9.59 Å². The molecule has 6 nitrogen and oxygen atoms in total. The number of amides is 1. The van der Waals surface area contributed by atoms with Crippen molar-refractivity contribution in [1.29, 1.82) is 0 Å². The van der Waals surface area contributed by atoms with Crippen LogP contribution in [0.1, 0.15) is 31.0 Å². The van der Waals surface area contributed by atoms with Gasteiger partial charge in [-0.15, -0.1) is 0 Å². The number of thiocarbonyl (C=S) groups is 1. The molecule has 2 aromatic rings. The number of carbonyl (C=O) groups is 2. The monoisotopic (exact) mass is 409 g/mol. The summed E-state index contributed by atoms with van der Waals surface area (Å²) in [5.41, 5.74) is 4.71. The Labute approximate surface area is 175 Å². The molecule has 0 bridgehead atoms. The van der Waals surface area contributed by atoms with Crippen molar-refractivity contribution in [3.05, 3.63) is 70.9 Å². The highest BCUT2D eigenvalue weighted by Crippen LogP contribution is 2.34. The quantitative estimate of drug-likeness (QED) is 0.591. The molecule has 1 aliphatic heterocycles. The van der Waals surface area contributed by atoms with Crippen molar-refractivity contribution in [2.75, 3.05) is 17.3 Å². The number of ether oxygens (including phenoxy) is 1. The van der Waals surface area contributed by atoms with Gasteiger partial charge in [-0.05, 0) is 55.9 Å². The molecule has 3 rings (SSSR count). The van der Waals surface area contributed by atoms with Crippen LogP contribution in [-0.4, -0.2) is 24.1 Å². The van der Waals surface area contributed by atoms with Crippen molar-refractivity contribution in [3.8, 4) is 0 Å². The highest BCUT2D eigenvalue weighted by Gasteiger charge is 2.35. The fourth-order valence-corrected chi connectivity index (χ4v) is 3.69. The molecule has 0 radical (unpaired) electrons. The van der Waals surface area contributed by atoms with Gasteiger partial charge < -0.3 is 15.4 Å². The predicted octanol–water partition coefficient (Wildman–Crippen LogP) is 3.84. The Kier molecular flexibility index (Phi) is 5.98. The molecular formula is C22H23N3O3S. The van der Waals surface area contributed by atoms with Gasteiger partial charge in [-0.3, -0.25) is 9.69 Å². The van der Waals surface area contributed by atoms with E-state index in [1.54, 1.807) is 12.1 Å². The molecule has 1 heterocycles. The van der Waals surface area contributed by atoms with Crippen LogP contribution in [0.15, 0.2) is 59.8 Å². The van der Waals surface area contributed by atoms with Crippen LogP contribution in [0.5, 0.6) is 0 Å². The second-order valence-electron chi connectivity index (χ2n) is 6.85. The number of esters is 1. The van der Waals surface area contributed by atoms with Crippen LogP contribution in [0.2, 0.25) is 0 Å². The van der Waals surface area contributed by atoms with E-state index in [0.717, 1.165) is 16.8 Å². The summed E-state index contributed by atoms with van der Waals surface area (Å²) in [5, 5.41) is 6.49. The van der Waals surface area contributed by atoms with Crippen LogP contribution in [0.25, 0.3) is 0 Å². The maximum absolute atomic E-state index is 12.7. The third kappa shape index (κ3) is 4.30. The Morgan fingerprint density at radius 3 is 2.24 bits per heavy atom. The zero-order valence-electron chi connectivity index (χ0n) is 16.8. The van der Waals surface area contributed by atoms with Gasteiger partial charge >= 0.3 is 5.97 Å². The number of nitrogens with zero attached hydrogens (tertiary/aromatic N) is 1. The molecule has 0 unspecified atom stereocenters. The third-order valence-electron chi connectivity index (χ3n) is 4.75. The highest BCUT2D eigenvalue weighted by atomic mass is 32.1. The molecule has 150 valence electrons. The Balaban J connectivity index is 2.04. The minimum Gasteiger partial charge on any atom is -0.466 e. The summed E-state index contributed by atoms with van der Waals surface area (Å²) < 4.78 is 5.06. The number of benzene rings is 2. The molecule has 0 spiro atoms. The van der Waals surface area contributed by atoms with E-state index in [4.69, 9.17) is 17.0 Å². The lowest BCUT2D eigenvalue weighted by atomic mass is 9.94. The fraction of sp³-hybridized carbons (Fsp3) is 0.227. The maximum Gasteiger partial charge on any atom is 0.337 e. The fourth-order valence-electron chi connectivity index (χ4n) is 3.33. The Hall–Kier alpha value is -3.19. The first-order valence-electron chi connectivity index (χ1n) is 9.15. The van der Waals surface area contributed by atoms with E-state index in [1.807, 2.05) is 55.1 Å². The molecule has 0 aliphatic carbocycles. The number of rotatable bonds is 4. The van der Waals surface area contributed by atoms with Gasteiger partial charge in [0.25, 0.3) is 0 Å². The number of aryl methyl sites for hydroxylation is 1. The van der Waals surface area contributed by atoms with E-state index >= 15 is 0 Å². The zero-order chi connectivity index (χ0) is 21.1. The summed E-state index contributed by atoms with van der Waals surface area (Å²) >= 11 is 5.63. The van der Waals surface area contributed by atoms with Crippen LogP contribution >= 0.6 is 12.2 Å². The summed E-state index contributed by atoms with van der Waals surface area (Å²) in [6.45, 7) is 5.33. The largest absolute Gasteiger partial charge is 0.466 e. The van der Waals surface area contributed by atoms with Crippen molar-refractivity contribution in [2.24, 2.45) is 0 Å². The molecule has 7 heteroatoms. The first-order valence-corrected chi connectivity index (χ1v) is 9.56. The summed E-state index contributed by atoms with van der Waals surface area (Å²) in [4.78, 5) is 25.7. The van der Waals surface area contributed by atoms with Gasteiger partial charge in [-0.1, -0.05) is 29.8 Å². The standard InChI is InChI=1S/C22H23N3O3S/c1-13-5-11-18(12-6-13)25-14(2)19(21(27)28-4)20(24-22(25)29)16-7-9-17(10-8-16)23-15(3)26/h5-12,20H,1-4H3,(H,23,26)(H,24,29)/t20-/m1/s1. The van der Waals surface area contributed by atoms with Gasteiger partial charge in [0.2, 0.25) is 5.91 Å². The first kappa shape index (κ1) is 20.5. The van der Waals surface area contributed by atoms with Gasteiger partial charge in [0.1, 0.15) is 0 Å². The minimum atomic E-state index is -0.456. The van der Waals surface area contributed by atoms with E-state index in [-0.39, 0.29) is 5.91 Å². The van der Waals surface area contributed by atoms with E-state index < -0.39 is 12.0 Å². The van der Waals surface area contributed by atoms with Crippen molar-refractivity contribution < 1.29 is 14.3 Å². The Bertz CT molecular complexity index is 981. The number of hydrogen-bond donors (Lipinski definition) is 2. The van der Waals surface area contributed by atoms with Crippen LogP contribution in [-0.2, 0) is 14.3 Å². The average Bonchev–Trinajstić information content (AvgIpc) is 2.68. The van der Waals surface area contributed by atoms with Gasteiger partial charge in [0.05, 0.1) is 18.7 Å². The molecule has 0 fully saturated rings. The molecule has 1 atom stereocenters. The number of hydrogen-bond acceptors (Lipinski definition) is 4. The second-order valence-corrected chi connectivity index (χ2v) is 7.23. The first-order chi connectivity index (χ1) is 13.8. The van der Waals surface area contributed by atoms with Crippen LogP contribution in [0.4, 0.5) is 11.4 Å². The van der Waals surface area contributed by atoms with Crippen molar-refractivity contribution >= 4 is 40.6 Å². The van der Waals surface area contributed by atoms with Crippen LogP contribution in [0.3, 0.4) is 0 Å². The lowest BCUT2D eigenvalue weighted by molar-refractivity contribution is -0.136. The second kappa shape index (κ2) is 8.45. The normalized spacial score (nSPS) is 16.3. The van der Waals surface area contributed by atoms with Gasteiger partial charge in [-0.25, -0.2) is 4.79 Å². The Morgan fingerprint density at radius 1 is 1.07 bits per heavy atom. The molecule has 1 aliphatic rings. The molecular weight excluding hydrogens is 386 g/mol. The smallest absolute Gasteiger partial charge is 0.337 e. The van der Waals surface area contributed by atoms with E-state index in [1.165, 1.54) is 14.0 Å². The summed E-state index contributed by atoms with van der Waals surface area (Å²) in [6, 6.07) is 14.7. The topological polar surface area (TPSA) is 70.7 Å². The summed E-state index contributed by atoms with van der Waals surface area (Å²) in [5.74, 6) is -0.569. The van der Waals surface area contributed by atoms with Crippen LogP contribution in [0, 0.1) is 6.92 Å². The molecule has 0 saturated heterocycles. The van der Waals surface area contributed by atoms with Crippen molar-refractivity contribution in [1.82, 2.24) is 5.32 Å². The number of nitrogens with one attached hydrogen (secondary N) is 2. The summed E-state index contributed by atoms with van der Waals surface area (Å²) in [7, 11) is 1.36. The highest BCUT2D eigenvalue weighted by molar-refractivity contribution is 7.80. The Morgan fingerprint density at radius 2 is 1.69 bits per heavy atom. The molecule has 2 aromatic carbocycles. The molecule has 0 saturated carbocycles. The minimum absolute atomic E-state index is 0.144. The maximum atomic E-state index is 12.7. The molecule has 0 aromatic heterocycles. The molecule has 29 heavy (non-hydrogen) atoms.